The minimum atomic E-state index is 0.611. The number of benzene rings is 1. The molecule has 3 heteroatoms. The van der Waals surface area contributed by atoms with Crippen molar-refractivity contribution >= 4 is 11.4 Å². The van der Waals surface area contributed by atoms with Crippen molar-refractivity contribution in [3.8, 4) is 0 Å². The highest BCUT2D eigenvalue weighted by atomic mass is 15.1. The third-order valence-corrected chi connectivity index (χ3v) is 2.54. The highest BCUT2D eigenvalue weighted by Crippen LogP contribution is 2.16. The minimum Gasteiger partial charge on any atom is -0.380 e. The van der Waals surface area contributed by atoms with E-state index in [-0.39, 0.29) is 0 Å². The summed E-state index contributed by atoms with van der Waals surface area (Å²) in [4.78, 5) is 2.11. The quantitative estimate of drug-likeness (QED) is 0.750. The summed E-state index contributed by atoms with van der Waals surface area (Å²) in [6, 6.07) is 9.14. The molecule has 0 spiro atoms. The van der Waals surface area contributed by atoms with Crippen LogP contribution in [-0.4, -0.2) is 33.2 Å². The van der Waals surface area contributed by atoms with Crippen LogP contribution in [0, 0.1) is 0 Å². The molecule has 0 aromatic heterocycles. The molecule has 0 amide bonds. The Labute approximate surface area is 85.1 Å². The third kappa shape index (κ3) is 1.99. The molecule has 1 aliphatic heterocycles. The van der Waals surface area contributed by atoms with E-state index in [0.717, 1.165) is 13.1 Å². The zero-order valence-electron chi connectivity index (χ0n) is 8.75. The lowest BCUT2D eigenvalue weighted by Crippen LogP contribution is -2.51. The van der Waals surface area contributed by atoms with Gasteiger partial charge in [-0.15, -0.1) is 0 Å². The van der Waals surface area contributed by atoms with Gasteiger partial charge in [0.15, 0.2) is 0 Å². The van der Waals surface area contributed by atoms with E-state index in [1.54, 1.807) is 0 Å². The van der Waals surface area contributed by atoms with E-state index >= 15 is 0 Å². The minimum absolute atomic E-state index is 0.611. The second kappa shape index (κ2) is 3.88. The maximum Gasteiger partial charge on any atom is 0.0510 e. The number of nitrogens with one attached hydrogen (secondary N) is 2. The van der Waals surface area contributed by atoms with E-state index in [4.69, 9.17) is 0 Å². The van der Waals surface area contributed by atoms with Gasteiger partial charge in [-0.25, -0.2) is 0 Å². The number of nitrogens with zero attached hydrogens (tertiary/aromatic N) is 1. The second-order valence-electron chi connectivity index (χ2n) is 3.94. The molecule has 1 saturated heterocycles. The molecule has 1 aliphatic rings. The van der Waals surface area contributed by atoms with E-state index < -0.39 is 0 Å². The van der Waals surface area contributed by atoms with Crippen LogP contribution in [0.25, 0.3) is 0 Å². The van der Waals surface area contributed by atoms with Crippen LogP contribution in [-0.2, 0) is 0 Å². The molecule has 1 aromatic carbocycles. The predicted molar refractivity (Wildman–Crippen MR) is 61.0 cm³/mol. The number of rotatable bonds is 3. The van der Waals surface area contributed by atoms with E-state index in [0.29, 0.717) is 6.04 Å². The van der Waals surface area contributed by atoms with Crippen LogP contribution in [0.15, 0.2) is 24.3 Å². The molecule has 1 fully saturated rings. The molecule has 0 saturated carbocycles. The van der Waals surface area contributed by atoms with Crippen molar-refractivity contribution in [3.63, 3.8) is 0 Å². The Morgan fingerprint density at radius 2 is 1.86 bits per heavy atom. The molecule has 0 atom stereocenters. The van der Waals surface area contributed by atoms with Crippen LogP contribution in [0.5, 0.6) is 0 Å². The SMILES string of the molecule is CN(C)c1ccc(NC2CNC2)cc1. The largest absolute Gasteiger partial charge is 0.380 e. The Morgan fingerprint density at radius 1 is 1.21 bits per heavy atom. The number of anilines is 2. The van der Waals surface area contributed by atoms with Gasteiger partial charge in [0, 0.05) is 38.6 Å². The molecular formula is C11H17N3. The fraction of sp³-hybridized carbons (Fsp3) is 0.455. The van der Waals surface area contributed by atoms with Crippen molar-refractivity contribution in [2.24, 2.45) is 0 Å². The average Bonchev–Trinajstić information content (AvgIpc) is 2.12. The van der Waals surface area contributed by atoms with Crippen molar-refractivity contribution in [1.29, 1.82) is 0 Å². The Hall–Kier alpha value is -1.22. The molecule has 2 N–H and O–H groups in total. The van der Waals surface area contributed by atoms with Crippen LogP contribution in [0.3, 0.4) is 0 Å². The van der Waals surface area contributed by atoms with E-state index in [2.05, 4.69) is 53.9 Å². The summed E-state index contributed by atoms with van der Waals surface area (Å²) in [6.45, 7) is 2.16. The van der Waals surface area contributed by atoms with Crippen molar-refractivity contribution in [2.75, 3.05) is 37.4 Å². The van der Waals surface area contributed by atoms with Gasteiger partial charge in [0.05, 0.1) is 6.04 Å². The van der Waals surface area contributed by atoms with Gasteiger partial charge < -0.3 is 15.5 Å². The molecule has 0 unspecified atom stereocenters. The molecule has 0 radical (unpaired) electrons. The lowest BCUT2D eigenvalue weighted by molar-refractivity contribution is 0.472. The summed E-state index contributed by atoms with van der Waals surface area (Å²) in [6.07, 6.45) is 0. The first-order valence-corrected chi connectivity index (χ1v) is 5.00. The Bertz CT molecular complexity index is 288. The van der Waals surface area contributed by atoms with Gasteiger partial charge in [-0.05, 0) is 24.3 Å². The first-order chi connectivity index (χ1) is 6.75. The summed E-state index contributed by atoms with van der Waals surface area (Å²) in [7, 11) is 4.11. The maximum absolute atomic E-state index is 3.46. The average molecular weight is 191 g/mol. The van der Waals surface area contributed by atoms with Gasteiger partial charge in [-0.1, -0.05) is 0 Å². The molecule has 76 valence electrons. The van der Waals surface area contributed by atoms with Crippen LogP contribution in [0.2, 0.25) is 0 Å². The van der Waals surface area contributed by atoms with Crippen molar-refractivity contribution in [3.05, 3.63) is 24.3 Å². The van der Waals surface area contributed by atoms with Crippen LogP contribution >= 0.6 is 0 Å². The van der Waals surface area contributed by atoms with Gasteiger partial charge >= 0.3 is 0 Å². The highest BCUT2D eigenvalue weighted by Gasteiger charge is 2.15. The van der Waals surface area contributed by atoms with Gasteiger partial charge in [-0.2, -0.15) is 0 Å². The fourth-order valence-electron chi connectivity index (χ4n) is 1.48. The Morgan fingerprint density at radius 3 is 2.29 bits per heavy atom. The van der Waals surface area contributed by atoms with Gasteiger partial charge in [-0.3, -0.25) is 0 Å². The zero-order chi connectivity index (χ0) is 9.97. The highest BCUT2D eigenvalue weighted by molar-refractivity contribution is 5.54. The molecule has 0 aliphatic carbocycles. The van der Waals surface area contributed by atoms with Crippen molar-refractivity contribution in [1.82, 2.24) is 5.32 Å². The van der Waals surface area contributed by atoms with E-state index in [1.165, 1.54) is 11.4 Å². The number of hydrogen-bond acceptors (Lipinski definition) is 3. The molecule has 3 nitrogen and oxygen atoms in total. The monoisotopic (exact) mass is 191 g/mol. The number of hydrogen-bond donors (Lipinski definition) is 2. The summed E-state index contributed by atoms with van der Waals surface area (Å²) in [5, 5.41) is 6.70. The predicted octanol–water partition coefficient (Wildman–Crippen LogP) is 1.14. The first kappa shape index (κ1) is 9.34. The summed E-state index contributed by atoms with van der Waals surface area (Å²) < 4.78 is 0. The molecular weight excluding hydrogens is 174 g/mol. The van der Waals surface area contributed by atoms with Crippen LogP contribution < -0.4 is 15.5 Å². The molecule has 2 rings (SSSR count). The molecule has 14 heavy (non-hydrogen) atoms. The van der Waals surface area contributed by atoms with Crippen molar-refractivity contribution < 1.29 is 0 Å². The van der Waals surface area contributed by atoms with E-state index in [1.807, 2.05) is 0 Å². The molecule has 1 heterocycles. The zero-order valence-corrected chi connectivity index (χ0v) is 8.75. The topological polar surface area (TPSA) is 27.3 Å². The fourth-order valence-corrected chi connectivity index (χ4v) is 1.48. The lowest BCUT2D eigenvalue weighted by atomic mass is 10.1. The van der Waals surface area contributed by atoms with Gasteiger partial charge in [0.25, 0.3) is 0 Å². The normalized spacial score (nSPS) is 16.1. The summed E-state index contributed by atoms with van der Waals surface area (Å²) in [5.74, 6) is 0. The van der Waals surface area contributed by atoms with Gasteiger partial charge in [0.2, 0.25) is 0 Å². The van der Waals surface area contributed by atoms with Crippen LogP contribution in [0.4, 0.5) is 11.4 Å². The Balaban J connectivity index is 1.98. The third-order valence-electron chi connectivity index (χ3n) is 2.54. The molecule has 0 bridgehead atoms. The Kier molecular flexibility index (Phi) is 2.59. The second-order valence-corrected chi connectivity index (χ2v) is 3.94. The summed E-state index contributed by atoms with van der Waals surface area (Å²) >= 11 is 0. The summed E-state index contributed by atoms with van der Waals surface area (Å²) in [5.41, 5.74) is 2.45. The molecule has 1 aromatic rings. The first-order valence-electron chi connectivity index (χ1n) is 5.00. The van der Waals surface area contributed by atoms with E-state index in [9.17, 15) is 0 Å². The van der Waals surface area contributed by atoms with Crippen molar-refractivity contribution in [2.45, 2.75) is 6.04 Å². The smallest absolute Gasteiger partial charge is 0.0510 e. The standard InChI is InChI=1S/C11H17N3/c1-14(2)11-5-3-9(4-6-11)13-10-7-12-8-10/h3-6,10,12-13H,7-8H2,1-2H3. The lowest BCUT2D eigenvalue weighted by Gasteiger charge is -2.29. The van der Waals surface area contributed by atoms with Gasteiger partial charge in [0.1, 0.15) is 0 Å². The maximum atomic E-state index is 3.46. The van der Waals surface area contributed by atoms with Crippen LogP contribution in [0.1, 0.15) is 0 Å².